The van der Waals surface area contributed by atoms with Gasteiger partial charge in [0, 0.05) is 11.9 Å². The van der Waals surface area contributed by atoms with E-state index in [2.05, 4.69) is 38.2 Å². The first-order chi connectivity index (χ1) is 19.5. The summed E-state index contributed by atoms with van der Waals surface area (Å²) in [6.45, 7) is 4.47. The Morgan fingerprint density at radius 3 is 0.854 bits per heavy atom. The predicted octanol–water partition coefficient (Wildman–Crippen LogP) is 9.17. The van der Waals surface area contributed by atoms with Crippen LogP contribution >= 0.6 is 0 Å². The Hall–Kier alpha value is -0.320. The molecule has 236 valence electrons. The van der Waals surface area contributed by atoms with Crippen molar-refractivity contribution in [3.8, 4) is 0 Å². The van der Waals surface area contributed by atoms with Gasteiger partial charge in [-0.15, -0.1) is 0 Å². The van der Waals surface area contributed by atoms with Crippen molar-refractivity contribution in [2.45, 2.75) is 194 Å². The van der Waals surface area contributed by atoms with Gasteiger partial charge in [0.2, 0.25) is 0 Å². The number of unbranched alkanes of at least 4 members (excludes halogenated alkanes) is 22. The second kappa shape index (κ2) is 41.8. The number of carbonyl (C=O) groups is 2. The molecule has 0 heterocycles. The van der Waals surface area contributed by atoms with Crippen LogP contribution in [0, 0.1) is 0 Å². The van der Waals surface area contributed by atoms with Gasteiger partial charge in [-0.05, 0) is 64.2 Å². The Labute approximate surface area is 285 Å². The molecule has 0 bridgehead atoms. The Kier molecular flexibility index (Phi) is 46.0. The van der Waals surface area contributed by atoms with E-state index in [1.807, 2.05) is 0 Å². The minimum atomic E-state index is -0.909. The zero-order valence-corrected chi connectivity index (χ0v) is 29.7. The van der Waals surface area contributed by atoms with Crippen molar-refractivity contribution in [2.75, 3.05) is 0 Å². The monoisotopic (exact) mass is 602 g/mol. The number of hydrogen-bond donors (Lipinski definition) is 0. The molecule has 0 fully saturated rings. The van der Waals surface area contributed by atoms with Gasteiger partial charge in [-0.1, -0.05) is 154 Å². The normalized spacial score (nSPS) is 11.0. The van der Waals surface area contributed by atoms with Crippen molar-refractivity contribution >= 4 is 49.7 Å². The van der Waals surface area contributed by atoms with Crippen LogP contribution in [0.5, 0.6) is 0 Å². The molecule has 0 spiro atoms. The van der Waals surface area contributed by atoms with Crippen LogP contribution in [0.1, 0.15) is 194 Å². The molecule has 4 nitrogen and oxygen atoms in total. The minimum Gasteiger partial charge on any atom is -0.550 e. The Balaban J connectivity index is -0.000000688. The Morgan fingerprint density at radius 1 is 0.390 bits per heavy atom. The minimum absolute atomic E-state index is 0. The van der Waals surface area contributed by atoms with E-state index < -0.39 is 11.9 Å². The third-order valence-electron chi connectivity index (χ3n) is 7.29. The van der Waals surface area contributed by atoms with Crippen LogP contribution in [0.2, 0.25) is 0 Å². The van der Waals surface area contributed by atoms with E-state index in [1.54, 1.807) is 0 Å². The van der Waals surface area contributed by atoms with Gasteiger partial charge in [0.15, 0.2) is 0 Å². The maximum Gasteiger partial charge on any atom is 2.00 e. The first kappa shape index (κ1) is 45.1. The van der Waals surface area contributed by atoms with E-state index in [9.17, 15) is 19.8 Å². The van der Waals surface area contributed by atoms with E-state index in [0.29, 0.717) is 0 Å². The predicted molar refractivity (Wildman–Crippen MR) is 175 cm³/mol. The van der Waals surface area contributed by atoms with Crippen LogP contribution in [-0.4, -0.2) is 49.7 Å². The molecule has 0 N–H and O–H groups in total. The van der Waals surface area contributed by atoms with Gasteiger partial charge >= 0.3 is 37.7 Å². The molecule has 0 rings (SSSR count). The number of rotatable bonds is 30. The Bertz CT molecular complexity index is 524. The van der Waals surface area contributed by atoms with Gasteiger partial charge in [0.05, 0.1) is 0 Å². The third-order valence-corrected chi connectivity index (χ3v) is 7.29. The Morgan fingerprint density at radius 2 is 0.610 bits per heavy atom. The average molecular weight is 603 g/mol. The van der Waals surface area contributed by atoms with Crippen molar-refractivity contribution in [3.63, 3.8) is 0 Å². The third kappa shape index (κ3) is 49.7. The van der Waals surface area contributed by atoms with Crippen molar-refractivity contribution in [2.24, 2.45) is 0 Å². The van der Waals surface area contributed by atoms with Gasteiger partial charge in [-0.2, -0.15) is 0 Å². The average Bonchev–Trinajstić information content (AvgIpc) is 2.93. The number of hydrogen-bond acceptors (Lipinski definition) is 4. The maximum atomic E-state index is 10.2. The molecule has 0 radical (unpaired) electrons. The molecule has 0 atom stereocenters. The second-order valence-electron chi connectivity index (χ2n) is 11.4. The number of carboxylic acid groups (broad SMARTS) is 2. The summed E-state index contributed by atoms with van der Waals surface area (Å²) in [5, 5.41) is 20.4. The zero-order valence-electron chi connectivity index (χ0n) is 27.4. The quantitative estimate of drug-likeness (QED) is 0.0466. The summed E-state index contributed by atoms with van der Waals surface area (Å²) in [5.41, 5.74) is 0. The molecular weight excluding hydrogens is 536 g/mol. The molecule has 0 aliphatic heterocycles. The molecule has 0 aromatic carbocycles. The first-order valence-corrected chi connectivity index (χ1v) is 17.2. The van der Waals surface area contributed by atoms with Crippen LogP contribution in [0.25, 0.3) is 0 Å². The molecular formula is C36H66CaO4. The summed E-state index contributed by atoms with van der Waals surface area (Å²) in [7, 11) is 0. The summed E-state index contributed by atoms with van der Waals surface area (Å²) in [4.78, 5) is 20.4. The topological polar surface area (TPSA) is 80.3 Å². The molecule has 0 saturated heterocycles. The van der Waals surface area contributed by atoms with Gasteiger partial charge in [-0.3, -0.25) is 0 Å². The second-order valence-corrected chi connectivity index (χ2v) is 11.4. The molecule has 0 unspecified atom stereocenters. The molecule has 5 heteroatoms. The van der Waals surface area contributed by atoms with E-state index >= 15 is 0 Å². The number of allylic oxidation sites excluding steroid dienone is 4. The van der Waals surface area contributed by atoms with Crippen LogP contribution in [0.3, 0.4) is 0 Å². The fourth-order valence-corrected chi connectivity index (χ4v) is 4.65. The van der Waals surface area contributed by atoms with E-state index in [-0.39, 0.29) is 50.6 Å². The van der Waals surface area contributed by atoms with Crippen molar-refractivity contribution in [1.29, 1.82) is 0 Å². The largest absolute Gasteiger partial charge is 2.00 e. The molecule has 0 aromatic rings. The van der Waals surface area contributed by atoms with E-state index in [4.69, 9.17) is 0 Å². The van der Waals surface area contributed by atoms with Crippen molar-refractivity contribution in [3.05, 3.63) is 24.3 Å². The van der Waals surface area contributed by atoms with Gasteiger partial charge < -0.3 is 19.8 Å². The molecule has 0 amide bonds. The molecule has 0 aliphatic rings. The van der Waals surface area contributed by atoms with Gasteiger partial charge in [0.1, 0.15) is 0 Å². The number of aliphatic carboxylic acids is 2. The van der Waals surface area contributed by atoms with Gasteiger partial charge in [-0.25, -0.2) is 0 Å². The van der Waals surface area contributed by atoms with E-state index in [1.165, 1.54) is 141 Å². The smallest absolute Gasteiger partial charge is 0.550 e. The fraction of sp³-hybridized carbons (Fsp3) is 0.833. The summed E-state index contributed by atoms with van der Waals surface area (Å²) in [6.07, 6.45) is 41.8. The summed E-state index contributed by atoms with van der Waals surface area (Å²) < 4.78 is 0. The maximum absolute atomic E-state index is 10.2. The fourth-order valence-electron chi connectivity index (χ4n) is 4.65. The van der Waals surface area contributed by atoms with Crippen LogP contribution < -0.4 is 10.2 Å². The van der Waals surface area contributed by atoms with Crippen LogP contribution in [-0.2, 0) is 9.59 Å². The standard InChI is InChI=1S/2C18H34O2.Ca/c2*1-2-3-4-5-6-7-8-9-10-11-12-13-14-15-16-17-18(19)20;/h2*5-6H,2-4,7-17H2,1H3,(H,19,20);/q;;+2/p-2/b2*6-5-;. The molecule has 41 heavy (non-hydrogen) atoms. The first-order valence-electron chi connectivity index (χ1n) is 17.2. The molecule has 0 aromatic heterocycles. The SMILES string of the molecule is CCCC/C=C\CCCCCCCCCCCC(=O)[O-].CCCC/C=C\CCCCCCCCCCCC(=O)[O-].[Ca+2]. The summed E-state index contributed by atoms with van der Waals surface area (Å²) in [6, 6.07) is 0. The van der Waals surface area contributed by atoms with E-state index in [0.717, 1.165) is 25.7 Å². The number of carbonyl (C=O) groups excluding carboxylic acids is 2. The summed E-state index contributed by atoms with van der Waals surface area (Å²) >= 11 is 0. The summed E-state index contributed by atoms with van der Waals surface area (Å²) in [5.74, 6) is -1.82. The van der Waals surface area contributed by atoms with Crippen molar-refractivity contribution < 1.29 is 19.8 Å². The van der Waals surface area contributed by atoms with Crippen LogP contribution in [0.15, 0.2) is 24.3 Å². The van der Waals surface area contributed by atoms with Crippen molar-refractivity contribution in [1.82, 2.24) is 0 Å². The van der Waals surface area contributed by atoms with Crippen LogP contribution in [0.4, 0.5) is 0 Å². The molecule has 0 saturated carbocycles. The number of carboxylic acids is 2. The molecule has 0 aliphatic carbocycles. The van der Waals surface area contributed by atoms with Gasteiger partial charge in [0.25, 0.3) is 0 Å². The zero-order chi connectivity index (χ0) is 29.8.